The zero-order valence-corrected chi connectivity index (χ0v) is 17.6. The number of hydrogen-bond donors (Lipinski definition) is 1. The van der Waals surface area contributed by atoms with Gasteiger partial charge in [0.05, 0.1) is 17.7 Å². The SMILES string of the molecule is CCCC(C)NC(=O)CN(c1ccc(C)cc1)S(=O)(=O)c1ccc(OC)cc1. The van der Waals surface area contributed by atoms with Crippen LogP contribution < -0.4 is 14.4 Å². The second-order valence-corrected chi connectivity index (χ2v) is 8.64. The number of hydrogen-bond acceptors (Lipinski definition) is 4. The third-order valence-electron chi connectivity index (χ3n) is 4.39. The topological polar surface area (TPSA) is 75.7 Å². The molecule has 0 aliphatic carbocycles. The summed E-state index contributed by atoms with van der Waals surface area (Å²) in [6, 6.07) is 13.2. The van der Waals surface area contributed by atoms with Crippen molar-refractivity contribution in [3.8, 4) is 5.75 Å². The first kappa shape index (κ1) is 21.8. The third kappa shape index (κ3) is 5.48. The van der Waals surface area contributed by atoms with Crippen molar-refractivity contribution in [1.82, 2.24) is 5.32 Å². The highest BCUT2D eigenvalue weighted by Gasteiger charge is 2.27. The lowest BCUT2D eigenvalue weighted by atomic mass is 10.2. The van der Waals surface area contributed by atoms with Gasteiger partial charge in [0, 0.05) is 6.04 Å². The number of carbonyl (C=O) groups is 1. The normalized spacial score (nSPS) is 12.3. The summed E-state index contributed by atoms with van der Waals surface area (Å²) in [5.41, 5.74) is 1.45. The molecule has 0 aliphatic heterocycles. The van der Waals surface area contributed by atoms with E-state index in [1.807, 2.05) is 32.9 Å². The van der Waals surface area contributed by atoms with E-state index >= 15 is 0 Å². The molecular weight excluding hydrogens is 376 g/mol. The van der Waals surface area contributed by atoms with Crippen LogP contribution in [0, 0.1) is 6.92 Å². The molecule has 0 saturated carbocycles. The van der Waals surface area contributed by atoms with Crippen molar-refractivity contribution in [2.45, 2.75) is 44.6 Å². The minimum Gasteiger partial charge on any atom is -0.497 e. The van der Waals surface area contributed by atoms with E-state index in [1.54, 1.807) is 24.3 Å². The number of carbonyl (C=O) groups excluding carboxylic acids is 1. The molecule has 7 heteroatoms. The summed E-state index contributed by atoms with van der Waals surface area (Å²) in [6.45, 7) is 5.59. The van der Waals surface area contributed by atoms with Gasteiger partial charge in [-0.3, -0.25) is 9.10 Å². The van der Waals surface area contributed by atoms with Crippen LogP contribution in [0.25, 0.3) is 0 Å². The molecule has 0 heterocycles. The van der Waals surface area contributed by atoms with E-state index < -0.39 is 10.0 Å². The Balaban J connectivity index is 2.36. The first-order chi connectivity index (χ1) is 13.3. The van der Waals surface area contributed by atoms with Crippen LogP contribution in [-0.4, -0.2) is 34.0 Å². The van der Waals surface area contributed by atoms with Crippen LogP contribution in [0.1, 0.15) is 32.3 Å². The Bertz CT molecular complexity index is 878. The highest BCUT2D eigenvalue weighted by Crippen LogP contribution is 2.25. The van der Waals surface area contributed by atoms with E-state index in [1.165, 1.54) is 19.2 Å². The number of nitrogens with one attached hydrogen (secondary N) is 1. The van der Waals surface area contributed by atoms with Crippen LogP contribution in [0.15, 0.2) is 53.4 Å². The van der Waals surface area contributed by atoms with E-state index in [9.17, 15) is 13.2 Å². The summed E-state index contributed by atoms with van der Waals surface area (Å²) < 4.78 is 32.8. The van der Waals surface area contributed by atoms with Gasteiger partial charge in [-0.25, -0.2) is 8.42 Å². The maximum atomic E-state index is 13.3. The van der Waals surface area contributed by atoms with Crippen LogP contribution in [-0.2, 0) is 14.8 Å². The highest BCUT2D eigenvalue weighted by atomic mass is 32.2. The molecule has 1 unspecified atom stereocenters. The van der Waals surface area contributed by atoms with Gasteiger partial charge >= 0.3 is 0 Å². The second kappa shape index (κ2) is 9.59. The standard InChI is InChI=1S/C21H28N2O4S/c1-5-6-17(3)22-21(24)15-23(18-9-7-16(2)8-10-18)28(25,26)20-13-11-19(27-4)12-14-20/h7-14,17H,5-6,15H2,1-4H3,(H,22,24). The number of nitrogens with zero attached hydrogens (tertiary/aromatic N) is 1. The van der Waals surface area contributed by atoms with E-state index in [0.717, 1.165) is 22.7 Å². The molecule has 0 aromatic heterocycles. The minimum absolute atomic E-state index is 0.0129. The predicted molar refractivity (Wildman–Crippen MR) is 111 cm³/mol. The van der Waals surface area contributed by atoms with E-state index in [0.29, 0.717) is 11.4 Å². The molecule has 0 radical (unpaired) electrons. The Hall–Kier alpha value is -2.54. The average molecular weight is 405 g/mol. The number of benzene rings is 2. The zero-order chi connectivity index (χ0) is 20.7. The first-order valence-corrected chi connectivity index (χ1v) is 10.7. The van der Waals surface area contributed by atoms with Crippen molar-refractivity contribution in [1.29, 1.82) is 0 Å². The maximum Gasteiger partial charge on any atom is 0.264 e. The molecule has 6 nitrogen and oxygen atoms in total. The minimum atomic E-state index is -3.92. The van der Waals surface area contributed by atoms with Crippen LogP contribution in [0.4, 0.5) is 5.69 Å². The Labute approximate surface area is 167 Å². The third-order valence-corrected chi connectivity index (χ3v) is 6.17. The van der Waals surface area contributed by atoms with Crippen LogP contribution in [0.3, 0.4) is 0 Å². The van der Waals surface area contributed by atoms with Gasteiger partial charge in [0.2, 0.25) is 5.91 Å². The van der Waals surface area contributed by atoms with Gasteiger partial charge in [0.1, 0.15) is 12.3 Å². The van der Waals surface area contributed by atoms with Gasteiger partial charge < -0.3 is 10.1 Å². The lowest BCUT2D eigenvalue weighted by Gasteiger charge is -2.25. The van der Waals surface area contributed by atoms with Crippen molar-refractivity contribution in [3.05, 3.63) is 54.1 Å². The molecule has 1 amide bonds. The molecule has 152 valence electrons. The van der Waals surface area contributed by atoms with E-state index in [2.05, 4.69) is 5.32 Å². The molecule has 28 heavy (non-hydrogen) atoms. The number of methoxy groups -OCH3 is 1. The van der Waals surface area contributed by atoms with E-state index in [-0.39, 0.29) is 23.4 Å². The predicted octanol–water partition coefficient (Wildman–Crippen LogP) is 3.50. The fourth-order valence-corrected chi connectivity index (χ4v) is 4.28. The van der Waals surface area contributed by atoms with Crippen LogP contribution in [0.5, 0.6) is 5.75 Å². The molecule has 0 fully saturated rings. The van der Waals surface area contributed by atoms with Crippen molar-refractivity contribution in [2.75, 3.05) is 18.0 Å². The molecule has 0 saturated heterocycles. The lowest BCUT2D eigenvalue weighted by molar-refractivity contribution is -0.120. The largest absolute Gasteiger partial charge is 0.497 e. The van der Waals surface area contributed by atoms with Crippen LogP contribution in [0.2, 0.25) is 0 Å². The molecule has 1 N–H and O–H groups in total. The molecule has 2 aromatic rings. The smallest absolute Gasteiger partial charge is 0.264 e. The number of rotatable bonds is 9. The summed E-state index contributed by atoms with van der Waals surface area (Å²) >= 11 is 0. The Kier molecular flexibility index (Phi) is 7.45. The Morgan fingerprint density at radius 2 is 1.71 bits per heavy atom. The van der Waals surface area contributed by atoms with Crippen molar-refractivity contribution >= 4 is 21.6 Å². The summed E-state index contributed by atoms with van der Waals surface area (Å²) in [5.74, 6) is 0.227. The number of ether oxygens (including phenoxy) is 1. The van der Waals surface area contributed by atoms with Gasteiger partial charge in [-0.1, -0.05) is 31.0 Å². The van der Waals surface area contributed by atoms with Gasteiger partial charge in [0.15, 0.2) is 0 Å². The number of aryl methyl sites for hydroxylation is 1. The number of amides is 1. The van der Waals surface area contributed by atoms with Gasteiger partial charge in [-0.05, 0) is 56.7 Å². The monoisotopic (exact) mass is 404 g/mol. The van der Waals surface area contributed by atoms with Gasteiger partial charge in [-0.15, -0.1) is 0 Å². The quantitative estimate of drug-likeness (QED) is 0.694. The van der Waals surface area contributed by atoms with Crippen molar-refractivity contribution in [2.24, 2.45) is 0 Å². The molecule has 2 aromatic carbocycles. The average Bonchev–Trinajstić information content (AvgIpc) is 2.67. The molecule has 2 rings (SSSR count). The lowest BCUT2D eigenvalue weighted by Crippen LogP contribution is -2.43. The van der Waals surface area contributed by atoms with Gasteiger partial charge in [0.25, 0.3) is 10.0 Å². The van der Waals surface area contributed by atoms with E-state index in [4.69, 9.17) is 4.74 Å². The molecule has 0 aliphatic rings. The highest BCUT2D eigenvalue weighted by molar-refractivity contribution is 7.92. The zero-order valence-electron chi connectivity index (χ0n) is 16.8. The van der Waals surface area contributed by atoms with Crippen molar-refractivity contribution in [3.63, 3.8) is 0 Å². The number of sulfonamides is 1. The maximum absolute atomic E-state index is 13.3. The second-order valence-electron chi connectivity index (χ2n) is 6.78. The fourth-order valence-electron chi connectivity index (χ4n) is 2.86. The summed E-state index contributed by atoms with van der Waals surface area (Å²) in [5, 5.41) is 2.87. The first-order valence-electron chi connectivity index (χ1n) is 9.30. The number of anilines is 1. The molecule has 0 spiro atoms. The summed E-state index contributed by atoms with van der Waals surface area (Å²) in [4.78, 5) is 12.6. The fraction of sp³-hybridized carbons (Fsp3) is 0.381. The summed E-state index contributed by atoms with van der Waals surface area (Å²) in [7, 11) is -2.40. The van der Waals surface area contributed by atoms with Crippen molar-refractivity contribution < 1.29 is 17.9 Å². The molecule has 0 bridgehead atoms. The molecule has 1 atom stereocenters. The Morgan fingerprint density at radius 1 is 1.11 bits per heavy atom. The molecular formula is C21H28N2O4S. The Morgan fingerprint density at radius 3 is 2.25 bits per heavy atom. The van der Waals surface area contributed by atoms with Crippen LogP contribution >= 0.6 is 0 Å². The van der Waals surface area contributed by atoms with Gasteiger partial charge in [-0.2, -0.15) is 0 Å². The summed E-state index contributed by atoms with van der Waals surface area (Å²) in [6.07, 6.45) is 1.77.